The van der Waals surface area contributed by atoms with Crippen LogP contribution in [0.15, 0.2) is 71.3 Å². The molecule has 0 aliphatic carbocycles. The van der Waals surface area contributed by atoms with Crippen molar-refractivity contribution in [2.45, 2.75) is 17.9 Å². The highest BCUT2D eigenvalue weighted by molar-refractivity contribution is 7.99. The Bertz CT molecular complexity index is 1310. The third kappa shape index (κ3) is 6.05. The smallest absolute Gasteiger partial charge is 0.345 e. The van der Waals surface area contributed by atoms with Gasteiger partial charge in [0.1, 0.15) is 0 Å². The fourth-order valence-electron chi connectivity index (χ4n) is 3.10. The van der Waals surface area contributed by atoms with Gasteiger partial charge in [0.2, 0.25) is 5.91 Å². The molecule has 0 aliphatic heterocycles. The molecule has 0 aliphatic rings. The van der Waals surface area contributed by atoms with Crippen LogP contribution in [0.2, 0.25) is 0 Å². The number of nitrogens with zero attached hydrogens (tertiary/aromatic N) is 4. The molecule has 4 aromatic rings. The number of carbonyl (C=O) groups excluding carboxylic acids is 2. The number of nitrogens with one attached hydrogen (secondary N) is 2. The number of amides is 2. The van der Waals surface area contributed by atoms with Crippen LogP contribution < -0.4 is 10.6 Å². The molecule has 180 valence electrons. The molecule has 0 saturated heterocycles. The fourth-order valence-corrected chi connectivity index (χ4v) is 4.41. The molecule has 13 heteroatoms. The third-order valence-electron chi connectivity index (χ3n) is 4.61. The number of hydrogen-bond acceptors (Lipinski definition) is 7. The van der Waals surface area contributed by atoms with Crippen molar-refractivity contribution in [3.8, 4) is 5.69 Å². The van der Waals surface area contributed by atoms with Crippen LogP contribution in [0.3, 0.4) is 0 Å². The van der Waals surface area contributed by atoms with E-state index in [-0.39, 0.29) is 24.0 Å². The summed E-state index contributed by atoms with van der Waals surface area (Å²) >= 11 is 2.41. The van der Waals surface area contributed by atoms with E-state index in [9.17, 15) is 22.8 Å². The van der Waals surface area contributed by atoms with Crippen molar-refractivity contribution in [3.63, 3.8) is 0 Å². The van der Waals surface area contributed by atoms with Crippen LogP contribution in [0.4, 0.5) is 18.3 Å². The number of alkyl halides is 3. The number of benzene rings is 2. The summed E-state index contributed by atoms with van der Waals surface area (Å²) in [5, 5.41) is 16.0. The maximum absolute atomic E-state index is 13.3. The Morgan fingerprint density at radius 3 is 2.49 bits per heavy atom. The molecule has 0 radical (unpaired) electrons. The summed E-state index contributed by atoms with van der Waals surface area (Å²) < 4.78 is 41.5. The normalized spacial score (nSPS) is 11.3. The highest BCUT2D eigenvalue weighted by atomic mass is 32.2. The van der Waals surface area contributed by atoms with Gasteiger partial charge in [-0.05, 0) is 24.3 Å². The molecule has 8 nitrogen and oxygen atoms in total. The Morgan fingerprint density at radius 2 is 1.77 bits per heavy atom. The van der Waals surface area contributed by atoms with Gasteiger partial charge in [-0.2, -0.15) is 13.2 Å². The van der Waals surface area contributed by atoms with Crippen molar-refractivity contribution in [1.29, 1.82) is 0 Å². The first-order chi connectivity index (χ1) is 16.8. The second-order valence-electron chi connectivity index (χ2n) is 6.97. The minimum absolute atomic E-state index is 0.0237. The van der Waals surface area contributed by atoms with Crippen molar-refractivity contribution in [1.82, 2.24) is 25.1 Å². The van der Waals surface area contributed by atoms with Gasteiger partial charge in [0.25, 0.3) is 5.91 Å². The molecular weight excluding hydrogens is 501 g/mol. The Hall–Kier alpha value is -3.71. The highest BCUT2D eigenvalue weighted by Crippen LogP contribution is 2.32. The van der Waals surface area contributed by atoms with E-state index in [1.807, 2.05) is 6.07 Å². The molecule has 2 N–H and O–H groups in total. The van der Waals surface area contributed by atoms with Crippen LogP contribution >= 0.6 is 23.1 Å². The zero-order valence-electron chi connectivity index (χ0n) is 17.8. The summed E-state index contributed by atoms with van der Waals surface area (Å²) in [7, 11) is 0. The first-order valence-electron chi connectivity index (χ1n) is 10.1. The average molecular weight is 519 g/mol. The minimum atomic E-state index is -4.67. The predicted molar refractivity (Wildman–Crippen MR) is 125 cm³/mol. The van der Waals surface area contributed by atoms with E-state index in [0.717, 1.165) is 23.9 Å². The standard InChI is InChI=1S/C22H17F3N6O2S2/c23-22(24,25)16-9-5-4-8-15(16)19(33)27-12-17-29-30-21(31(17)14-6-2-1-3-7-14)35-13-18(32)28-20-26-10-11-34-20/h1-11H,12-13H2,(H,27,33)(H,26,28,32). The molecule has 2 aromatic heterocycles. The molecule has 0 unspecified atom stereocenters. The summed E-state index contributed by atoms with van der Waals surface area (Å²) in [6, 6.07) is 13.5. The van der Waals surface area contributed by atoms with Gasteiger partial charge in [0, 0.05) is 17.3 Å². The number of carbonyl (C=O) groups is 2. The molecule has 0 bridgehead atoms. The number of anilines is 1. The maximum Gasteiger partial charge on any atom is 0.417 e. The molecule has 2 aromatic carbocycles. The predicted octanol–water partition coefficient (Wildman–Crippen LogP) is 4.40. The van der Waals surface area contributed by atoms with E-state index < -0.39 is 23.2 Å². The number of thiazole rings is 1. The lowest BCUT2D eigenvalue weighted by Gasteiger charge is -2.13. The van der Waals surface area contributed by atoms with E-state index in [2.05, 4.69) is 25.8 Å². The molecule has 0 atom stereocenters. The van der Waals surface area contributed by atoms with E-state index in [1.54, 1.807) is 40.4 Å². The van der Waals surface area contributed by atoms with Gasteiger partial charge in [0.05, 0.1) is 23.4 Å². The van der Waals surface area contributed by atoms with E-state index in [4.69, 9.17) is 0 Å². The van der Waals surface area contributed by atoms with Crippen LogP contribution in [-0.2, 0) is 17.5 Å². The van der Waals surface area contributed by atoms with Gasteiger partial charge in [-0.25, -0.2) is 4.98 Å². The van der Waals surface area contributed by atoms with Crippen molar-refractivity contribution in [2.24, 2.45) is 0 Å². The fraction of sp³-hybridized carbons (Fsp3) is 0.136. The maximum atomic E-state index is 13.3. The lowest BCUT2D eigenvalue weighted by Crippen LogP contribution is -2.27. The third-order valence-corrected chi connectivity index (χ3v) is 6.23. The average Bonchev–Trinajstić information content (AvgIpc) is 3.51. The van der Waals surface area contributed by atoms with Crippen molar-refractivity contribution >= 4 is 40.0 Å². The Balaban J connectivity index is 1.52. The van der Waals surface area contributed by atoms with Gasteiger partial charge in [-0.15, -0.1) is 21.5 Å². The number of thioether (sulfide) groups is 1. The monoisotopic (exact) mass is 518 g/mol. The highest BCUT2D eigenvalue weighted by Gasteiger charge is 2.34. The molecule has 2 amide bonds. The minimum Gasteiger partial charge on any atom is -0.345 e. The molecule has 0 spiro atoms. The summed E-state index contributed by atoms with van der Waals surface area (Å²) in [4.78, 5) is 28.8. The molecule has 35 heavy (non-hydrogen) atoms. The summed E-state index contributed by atoms with van der Waals surface area (Å²) in [6.45, 7) is -0.182. The number of aromatic nitrogens is 4. The van der Waals surface area contributed by atoms with E-state index >= 15 is 0 Å². The zero-order valence-corrected chi connectivity index (χ0v) is 19.5. The van der Waals surface area contributed by atoms with Gasteiger partial charge in [-0.3, -0.25) is 14.2 Å². The van der Waals surface area contributed by atoms with Gasteiger partial charge >= 0.3 is 6.18 Å². The van der Waals surface area contributed by atoms with Crippen LogP contribution in [0, 0.1) is 0 Å². The summed E-state index contributed by atoms with van der Waals surface area (Å²) in [5.41, 5.74) is -0.844. The Labute approximate surface area is 205 Å². The first kappa shape index (κ1) is 24.4. The lowest BCUT2D eigenvalue weighted by atomic mass is 10.1. The SMILES string of the molecule is O=C(CSc1nnc(CNC(=O)c2ccccc2C(F)(F)F)n1-c1ccccc1)Nc1nccs1. The topological polar surface area (TPSA) is 102 Å². The van der Waals surface area contributed by atoms with Crippen molar-refractivity contribution in [3.05, 3.63) is 83.1 Å². The number of rotatable bonds is 8. The van der Waals surface area contributed by atoms with Crippen molar-refractivity contribution in [2.75, 3.05) is 11.1 Å². The summed E-state index contributed by atoms with van der Waals surface area (Å²) in [6.07, 6.45) is -3.09. The molecule has 0 saturated carbocycles. The quantitative estimate of drug-likeness (QED) is 0.335. The number of para-hydroxylation sites is 1. The second kappa shape index (κ2) is 10.7. The van der Waals surface area contributed by atoms with E-state index in [0.29, 0.717) is 16.0 Å². The molecule has 2 heterocycles. The molecular formula is C22H17F3N6O2S2. The largest absolute Gasteiger partial charge is 0.417 e. The van der Waals surface area contributed by atoms with Gasteiger partial charge < -0.3 is 10.6 Å². The van der Waals surface area contributed by atoms with Crippen LogP contribution in [0.5, 0.6) is 0 Å². The van der Waals surface area contributed by atoms with Crippen LogP contribution in [0.1, 0.15) is 21.7 Å². The Kier molecular flexibility index (Phi) is 7.46. The van der Waals surface area contributed by atoms with E-state index in [1.165, 1.54) is 23.5 Å². The van der Waals surface area contributed by atoms with Gasteiger partial charge in [0.15, 0.2) is 16.1 Å². The summed E-state index contributed by atoms with van der Waals surface area (Å²) in [5.74, 6) is -0.865. The van der Waals surface area contributed by atoms with Crippen molar-refractivity contribution < 1.29 is 22.8 Å². The number of hydrogen-bond donors (Lipinski definition) is 2. The number of halogens is 3. The molecule has 0 fully saturated rings. The first-order valence-corrected chi connectivity index (χ1v) is 12.0. The zero-order chi connectivity index (χ0) is 24.8. The Morgan fingerprint density at radius 1 is 1.03 bits per heavy atom. The molecule has 4 rings (SSSR count). The lowest BCUT2D eigenvalue weighted by molar-refractivity contribution is -0.138. The van der Waals surface area contributed by atoms with Gasteiger partial charge in [-0.1, -0.05) is 42.1 Å². The van der Waals surface area contributed by atoms with Crippen LogP contribution in [0.25, 0.3) is 5.69 Å². The van der Waals surface area contributed by atoms with Crippen LogP contribution in [-0.4, -0.2) is 37.3 Å². The second-order valence-corrected chi connectivity index (χ2v) is 8.81.